The zero-order chi connectivity index (χ0) is 10.4. The summed E-state index contributed by atoms with van der Waals surface area (Å²) in [6.45, 7) is 1.59. The van der Waals surface area contributed by atoms with Gasteiger partial charge in [-0.2, -0.15) is 0 Å². The van der Waals surface area contributed by atoms with E-state index in [0.717, 1.165) is 17.9 Å². The van der Waals surface area contributed by atoms with E-state index in [1.807, 2.05) is 23.9 Å². The predicted octanol–water partition coefficient (Wildman–Crippen LogP) is 2.10. The van der Waals surface area contributed by atoms with Gasteiger partial charge >= 0.3 is 0 Å². The Balaban J connectivity index is 2.28. The summed E-state index contributed by atoms with van der Waals surface area (Å²) < 4.78 is 1.95. The number of nitrogens with zero attached hydrogens (tertiary/aromatic N) is 2. The van der Waals surface area contributed by atoms with Crippen LogP contribution in [-0.2, 0) is 11.8 Å². The summed E-state index contributed by atoms with van der Waals surface area (Å²) >= 11 is 1.36. The Bertz CT molecular complexity index is 331. The van der Waals surface area contributed by atoms with Gasteiger partial charge in [0.05, 0.1) is 18.2 Å². The molecule has 0 aromatic carbocycles. The molecule has 0 radical (unpaired) electrons. The third kappa shape index (κ3) is 3.79. The highest BCUT2D eigenvalue weighted by atomic mass is 32.2. The first kappa shape index (κ1) is 11.0. The SMILES string of the molecule is CC(=O)SCCC=Cc1cncn1C. The number of hydrogen-bond acceptors (Lipinski definition) is 3. The number of aryl methyl sites for hydroxylation is 1. The standard InChI is InChI=1S/C10H14N2OS/c1-9(13)14-6-4-3-5-10-7-11-8-12(10)2/h3,5,7-8H,4,6H2,1-2H3. The summed E-state index contributed by atoms with van der Waals surface area (Å²) in [5.74, 6) is 0.851. The summed E-state index contributed by atoms with van der Waals surface area (Å²) in [6.07, 6.45) is 8.58. The fourth-order valence-electron chi connectivity index (χ4n) is 1.00. The molecule has 0 fully saturated rings. The number of imidazole rings is 1. The molecule has 0 aliphatic heterocycles. The van der Waals surface area contributed by atoms with Crippen LogP contribution in [0, 0.1) is 0 Å². The summed E-state index contributed by atoms with van der Waals surface area (Å²) in [5, 5.41) is 0.180. The number of carbonyl (C=O) groups excluding carboxylic acids is 1. The van der Waals surface area contributed by atoms with E-state index in [-0.39, 0.29) is 5.12 Å². The molecule has 0 N–H and O–H groups in total. The molecular formula is C10H14N2OS. The van der Waals surface area contributed by atoms with Gasteiger partial charge in [-0.25, -0.2) is 4.98 Å². The minimum Gasteiger partial charge on any atom is -0.334 e. The summed E-state index contributed by atoms with van der Waals surface area (Å²) in [4.78, 5) is 14.6. The average molecular weight is 210 g/mol. The Morgan fingerprint density at radius 2 is 2.50 bits per heavy atom. The van der Waals surface area contributed by atoms with Crippen molar-refractivity contribution >= 4 is 23.0 Å². The third-order valence-electron chi connectivity index (χ3n) is 1.73. The fourth-order valence-corrected chi connectivity index (χ4v) is 1.54. The van der Waals surface area contributed by atoms with Crippen molar-refractivity contribution in [2.45, 2.75) is 13.3 Å². The smallest absolute Gasteiger partial charge is 0.185 e. The summed E-state index contributed by atoms with van der Waals surface area (Å²) in [6, 6.07) is 0. The molecule has 0 unspecified atom stereocenters. The molecule has 0 bridgehead atoms. The normalized spacial score (nSPS) is 11.0. The number of hydrogen-bond donors (Lipinski definition) is 0. The second-order valence-electron chi connectivity index (χ2n) is 2.96. The number of thioether (sulfide) groups is 1. The average Bonchev–Trinajstić information content (AvgIpc) is 2.51. The van der Waals surface area contributed by atoms with E-state index >= 15 is 0 Å². The lowest BCUT2D eigenvalue weighted by molar-refractivity contribution is -0.109. The maximum absolute atomic E-state index is 10.6. The van der Waals surface area contributed by atoms with Gasteiger partial charge in [0.2, 0.25) is 0 Å². The summed E-state index contributed by atoms with van der Waals surface area (Å²) in [7, 11) is 1.96. The largest absolute Gasteiger partial charge is 0.334 e. The van der Waals surface area contributed by atoms with Crippen molar-refractivity contribution in [1.82, 2.24) is 9.55 Å². The van der Waals surface area contributed by atoms with Gasteiger partial charge < -0.3 is 4.57 Å². The van der Waals surface area contributed by atoms with Gasteiger partial charge in [0.25, 0.3) is 0 Å². The van der Waals surface area contributed by atoms with Gasteiger partial charge in [0.1, 0.15) is 0 Å². The van der Waals surface area contributed by atoms with Crippen LogP contribution in [0.3, 0.4) is 0 Å². The molecule has 0 spiro atoms. The van der Waals surface area contributed by atoms with E-state index in [2.05, 4.69) is 11.1 Å². The van der Waals surface area contributed by atoms with Crippen LogP contribution in [0.1, 0.15) is 19.0 Å². The number of carbonyl (C=O) groups is 1. The molecule has 14 heavy (non-hydrogen) atoms. The number of allylic oxidation sites excluding steroid dienone is 1. The molecule has 4 heteroatoms. The van der Waals surface area contributed by atoms with Crippen LogP contribution < -0.4 is 0 Å². The van der Waals surface area contributed by atoms with Crippen molar-refractivity contribution in [3.05, 3.63) is 24.3 Å². The molecule has 0 aliphatic carbocycles. The van der Waals surface area contributed by atoms with Crippen LogP contribution in [0.25, 0.3) is 6.08 Å². The van der Waals surface area contributed by atoms with Gasteiger partial charge in [-0.05, 0) is 12.5 Å². The van der Waals surface area contributed by atoms with Crippen LogP contribution in [0.2, 0.25) is 0 Å². The maximum atomic E-state index is 10.6. The van der Waals surface area contributed by atoms with E-state index in [1.165, 1.54) is 11.8 Å². The highest BCUT2D eigenvalue weighted by Crippen LogP contribution is 2.05. The number of rotatable bonds is 4. The van der Waals surface area contributed by atoms with E-state index in [9.17, 15) is 4.79 Å². The maximum Gasteiger partial charge on any atom is 0.185 e. The van der Waals surface area contributed by atoms with Crippen molar-refractivity contribution in [3.63, 3.8) is 0 Å². The van der Waals surface area contributed by atoms with E-state index < -0.39 is 0 Å². The van der Waals surface area contributed by atoms with Crippen molar-refractivity contribution in [2.75, 3.05) is 5.75 Å². The highest BCUT2D eigenvalue weighted by molar-refractivity contribution is 8.13. The minimum atomic E-state index is 0.180. The van der Waals surface area contributed by atoms with Crippen LogP contribution in [0.4, 0.5) is 0 Å². The molecule has 1 aromatic rings. The molecule has 0 atom stereocenters. The van der Waals surface area contributed by atoms with Gasteiger partial charge in [-0.3, -0.25) is 4.79 Å². The molecule has 1 rings (SSSR count). The zero-order valence-corrected chi connectivity index (χ0v) is 9.25. The molecule has 0 aliphatic rings. The number of aromatic nitrogens is 2. The quantitative estimate of drug-likeness (QED) is 0.714. The van der Waals surface area contributed by atoms with Crippen molar-refractivity contribution in [1.29, 1.82) is 0 Å². The fraction of sp³-hybridized carbons (Fsp3) is 0.400. The van der Waals surface area contributed by atoms with Crippen molar-refractivity contribution < 1.29 is 4.79 Å². The minimum absolute atomic E-state index is 0.180. The molecule has 1 aromatic heterocycles. The van der Waals surface area contributed by atoms with Gasteiger partial charge in [0.15, 0.2) is 5.12 Å². The molecule has 0 saturated carbocycles. The van der Waals surface area contributed by atoms with E-state index in [0.29, 0.717) is 0 Å². The van der Waals surface area contributed by atoms with Crippen molar-refractivity contribution in [3.8, 4) is 0 Å². The topological polar surface area (TPSA) is 34.9 Å². The Hall–Kier alpha value is -1.03. The van der Waals surface area contributed by atoms with Crippen LogP contribution in [0.15, 0.2) is 18.6 Å². The highest BCUT2D eigenvalue weighted by Gasteiger charge is 1.93. The Morgan fingerprint density at radius 3 is 3.07 bits per heavy atom. The van der Waals surface area contributed by atoms with Crippen LogP contribution >= 0.6 is 11.8 Å². The van der Waals surface area contributed by atoms with Gasteiger partial charge in [-0.15, -0.1) is 0 Å². The second kappa shape index (κ2) is 5.65. The zero-order valence-electron chi connectivity index (χ0n) is 8.43. The van der Waals surface area contributed by atoms with Crippen LogP contribution in [-0.4, -0.2) is 20.4 Å². The predicted molar refractivity (Wildman–Crippen MR) is 60.0 cm³/mol. The Kier molecular flexibility index (Phi) is 4.46. The first-order valence-corrected chi connectivity index (χ1v) is 5.45. The molecule has 0 amide bonds. The lowest BCUT2D eigenvalue weighted by Crippen LogP contribution is -1.87. The summed E-state index contributed by atoms with van der Waals surface area (Å²) in [5.41, 5.74) is 1.08. The van der Waals surface area contributed by atoms with Crippen LogP contribution in [0.5, 0.6) is 0 Å². The lowest BCUT2D eigenvalue weighted by atomic mass is 10.3. The van der Waals surface area contributed by atoms with E-state index in [4.69, 9.17) is 0 Å². The molecule has 0 saturated heterocycles. The molecule has 76 valence electrons. The first-order valence-electron chi connectivity index (χ1n) is 4.46. The Morgan fingerprint density at radius 1 is 1.71 bits per heavy atom. The molecular weight excluding hydrogens is 196 g/mol. The van der Waals surface area contributed by atoms with Gasteiger partial charge in [-0.1, -0.05) is 17.8 Å². The van der Waals surface area contributed by atoms with E-state index in [1.54, 1.807) is 13.3 Å². The van der Waals surface area contributed by atoms with Gasteiger partial charge in [0, 0.05) is 19.7 Å². The monoisotopic (exact) mass is 210 g/mol. The third-order valence-corrected chi connectivity index (χ3v) is 2.58. The lowest BCUT2D eigenvalue weighted by Gasteiger charge is -1.94. The molecule has 1 heterocycles. The first-order chi connectivity index (χ1) is 6.70. The van der Waals surface area contributed by atoms with Crippen molar-refractivity contribution in [2.24, 2.45) is 7.05 Å². The molecule has 3 nitrogen and oxygen atoms in total. The second-order valence-corrected chi connectivity index (χ2v) is 4.23. The Labute approximate surface area is 88.2 Å².